The molecule has 0 aromatic heterocycles. The number of alkyl carbamates (subject to hydrolysis) is 1. The Morgan fingerprint density at radius 2 is 1.06 bits per heavy atom. The van der Waals surface area contributed by atoms with Gasteiger partial charge in [0.25, 0.3) is 0 Å². The summed E-state index contributed by atoms with van der Waals surface area (Å²) < 4.78 is 38.2. The van der Waals surface area contributed by atoms with Gasteiger partial charge in [0.15, 0.2) is 0 Å². The number of rotatable bonds is 33. The zero-order chi connectivity index (χ0) is 37.2. The second-order valence-electron chi connectivity index (χ2n) is 13.2. The molecule has 0 radical (unpaired) electrons. The molecule has 0 spiro atoms. The first-order valence-corrected chi connectivity index (χ1v) is 19.8. The van der Waals surface area contributed by atoms with Gasteiger partial charge in [0.2, 0.25) is 0 Å². The van der Waals surface area contributed by atoms with Crippen LogP contribution < -0.4 is 5.32 Å². The van der Waals surface area contributed by atoms with Crippen LogP contribution in [0.15, 0.2) is 0 Å². The number of hydrogen-bond acceptors (Lipinski definition) is 11. The average molecular weight is 731 g/mol. The number of amides is 2. The number of unbranched alkanes of at least 4 members (excludes halogenated alkanes) is 12. The van der Waals surface area contributed by atoms with E-state index in [9.17, 15) is 19.2 Å². The van der Waals surface area contributed by atoms with E-state index in [1.165, 1.54) is 30.6 Å². The average Bonchev–Trinajstić information content (AvgIpc) is 3.53. The number of hydrogen-bond donors (Lipinski definition) is 1. The van der Waals surface area contributed by atoms with Crippen LogP contribution in [0.2, 0.25) is 0 Å². The van der Waals surface area contributed by atoms with Crippen LogP contribution in [0.1, 0.15) is 136 Å². The maximum absolute atomic E-state index is 12.8. The molecular weight excluding hydrogens is 660 g/mol. The molecule has 1 saturated heterocycles. The van der Waals surface area contributed by atoms with Crippen LogP contribution in [0.3, 0.4) is 0 Å². The number of carbonyl (C=O) groups excluding carboxylic acids is 4. The summed E-state index contributed by atoms with van der Waals surface area (Å²) in [5.41, 5.74) is 0. The minimum atomic E-state index is -0.817. The summed E-state index contributed by atoms with van der Waals surface area (Å²) in [6.07, 6.45) is 14.9. The molecule has 0 aromatic rings. The molecule has 0 saturated carbocycles. The molecule has 0 bridgehead atoms. The quantitative estimate of drug-likeness (QED) is 0.0319. The molecule has 1 aliphatic rings. The summed E-state index contributed by atoms with van der Waals surface area (Å²) in [5, 5.41) is 2.57. The number of esters is 2. The van der Waals surface area contributed by atoms with Gasteiger partial charge in [0, 0.05) is 46.3 Å². The number of methoxy groups -OCH3 is 1. The molecule has 2 unspecified atom stereocenters. The lowest BCUT2D eigenvalue weighted by Gasteiger charge is -2.19. The van der Waals surface area contributed by atoms with Gasteiger partial charge in [-0.15, -0.1) is 0 Å². The van der Waals surface area contributed by atoms with Gasteiger partial charge < -0.3 is 43.4 Å². The van der Waals surface area contributed by atoms with E-state index in [0.717, 1.165) is 64.2 Å². The third-order valence-corrected chi connectivity index (χ3v) is 8.56. The van der Waals surface area contributed by atoms with E-state index in [1.54, 1.807) is 7.11 Å². The van der Waals surface area contributed by atoms with Gasteiger partial charge in [-0.05, 0) is 44.9 Å². The van der Waals surface area contributed by atoms with E-state index >= 15 is 0 Å². The predicted molar refractivity (Wildman–Crippen MR) is 195 cm³/mol. The second kappa shape index (κ2) is 33.4. The highest BCUT2D eigenvalue weighted by Gasteiger charge is 2.38. The van der Waals surface area contributed by atoms with Crippen molar-refractivity contribution in [2.45, 2.75) is 148 Å². The van der Waals surface area contributed by atoms with Gasteiger partial charge in [-0.25, -0.2) is 9.59 Å². The van der Waals surface area contributed by atoms with Crippen molar-refractivity contribution >= 4 is 24.1 Å². The van der Waals surface area contributed by atoms with E-state index < -0.39 is 18.3 Å². The van der Waals surface area contributed by atoms with Crippen molar-refractivity contribution in [2.75, 3.05) is 73.0 Å². The maximum Gasteiger partial charge on any atom is 0.418 e. The molecule has 1 aliphatic heterocycles. The van der Waals surface area contributed by atoms with Gasteiger partial charge in [-0.1, -0.05) is 78.1 Å². The third kappa shape index (κ3) is 26.9. The van der Waals surface area contributed by atoms with E-state index in [1.807, 2.05) is 0 Å². The van der Waals surface area contributed by atoms with Crippen molar-refractivity contribution in [1.82, 2.24) is 10.2 Å². The molecule has 1 N–H and O–H groups in total. The fourth-order valence-electron chi connectivity index (χ4n) is 5.50. The number of nitrogens with zero attached hydrogens (tertiary/aromatic N) is 1. The highest BCUT2D eigenvalue weighted by molar-refractivity contribution is 5.83. The molecule has 2 atom stereocenters. The molecule has 13 heteroatoms. The predicted octanol–water partition coefficient (Wildman–Crippen LogP) is 7.12. The first-order valence-electron chi connectivity index (χ1n) is 19.8. The minimum Gasteiger partial charge on any atom is -0.466 e. The Hall–Kier alpha value is -2.48. The number of ether oxygens (including phenoxy) is 7. The summed E-state index contributed by atoms with van der Waals surface area (Å²) in [4.78, 5) is 50.5. The van der Waals surface area contributed by atoms with Gasteiger partial charge in [0.05, 0.1) is 39.5 Å². The monoisotopic (exact) mass is 730 g/mol. The zero-order valence-electron chi connectivity index (χ0n) is 32.1. The second-order valence-corrected chi connectivity index (χ2v) is 13.2. The summed E-state index contributed by atoms with van der Waals surface area (Å²) >= 11 is 0. The lowest BCUT2D eigenvalue weighted by Crippen LogP contribution is -2.36. The summed E-state index contributed by atoms with van der Waals surface area (Å²) in [6, 6.07) is 0. The van der Waals surface area contributed by atoms with Crippen LogP contribution in [0.4, 0.5) is 9.59 Å². The molecule has 298 valence electrons. The van der Waals surface area contributed by atoms with E-state index in [4.69, 9.17) is 33.2 Å². The summed E-state index contributed by atoms with van der Waals surface area (Å²) in [5.74, 6) is -0.317. The van der Waals surface area contributed by atoms with Crippen molar-refractivity contribution in [3.63, 3.8) is 0 Å². The van der Waals surface area contributed by atoms with Crippen LogP contribution in [-0.2, 0) is 42.7 Å². The first kappa shape index (κ1) is 46.5. The Bertz CT molecular complexity index is 892. The Labute approximate surface area is 307 Å². The van der Waals surface area contributed by atoms with Crippen LogP contribution in [0, 0.1) is 0 Å². The van der Waals surface area contributed by atoms with Crippen LogP contribution in [0.25, 0.3) is 0 Å². The van der Waals surface area contributed by atoms with Gasteiger partial charge in [-0.2, -0.15) is 0 Å². The van der Waals surface area contributed by atoms with Gasteiger partial charge in [-0.3, -0.25) is 9.59 Å². The molecule has 1 fully saturated rings. The zero-order valence-corrected chi connectivity index (χ0v) is 32.1. The van der Waals surface area contributed by atoms with Gasteiger partial charge >= 0.3 is 24.1 Å². The maximum atomic E-state index is 12.8. The molecule has 1 rings (SSSR count). The Balaban J connectivity index is 2.40. The fourth-order valence-corrected chi connectivity index (χ4v) is 5.50. The van der Waals surface area contributed by atoms with Crippen molar-refractivity contribution < 1.29 is 52.3 Å². The molecule has 1 heterocycles. The van der Waals surface area contributed by atoms with E-state index in [0.29, 0.717) is 84.9 Å². The van der Waals surface area contributed by atoms with Crippen molar-refractivity contribution in [2.24, 2.45) is 0 Å². The smallest absolute Gasteiger partial charge is 0.418 e. The molecule has 0 aliphatic carbocycles. The standard InChI is InChI=1S/C38H70N2O11/c1-4-6-8-10-12-18-28-50-36(42)22-15-19-26-48-34-32-40(38(44)51-37(43)39-23-20-24-46-30-29-45-3)31-33(34)47-25-17-13-11-14-21-35(41)49-27-16-9-7-5-2/h33-34H,4-32H2,1-3H3,(H,39,43). The minimum absolute atomic E-state index is 0.133. The Morgan fingerprint density at radius 3 is 1.65 bits per heavy atom. The lowest BCUT2D eigenvalue weighted by atomic mass is 10.1. The lowest BCUT2D eigenvalue weighted by molar-refractivity contribution is -0.144. The van der Waals surface area contributed by atoms with Crippen LogP contribution in [0.5, 0.6) is 0 Å². The first-order chi connectivity index (χ1) is 24.9. The Morgan fingerprint density at radius 1 is 0.569 bits per heavy atom. The fraction of sp³-hybridized carbons (Fsp3) is 0.895. The molecule has 51 heavy (non-hydrogen) atoms. The van der Waals surface area contributed by atoms with Crippen LogP contribution in [-0.4, -0.2) is 114 Å². The SMILES string of the molecule is CCCCCCCCOC(=O)CCCCOC1CN(C(=O)OC(=O)NCCCOCCOC)CC1OCCCCCCC(=O)OCCCCCC. The largest absolute Gasteiger partial charge is 0.466 e. The molecule has 0 aromatic carbocycles. The highest BCUT2D eigenvalue weighted by Crippen LogP contribution is 2.20. The topological polar surface area (TPSA) is 148 Å². The number of carbonyl (C=O) groups is 4. The third-order valence-electron chi connectivity index (χ3n) is 8.56. The van der Waals surface area contributed by atoms with Gasteiger partial charge in [0.1, 0.15) is 12.2 Å². The molecule has 13 nitrogen and oxygen atoms in total. The van der Waals surface area contributed by atoms with E-state index in [-0.39, 0.29) is 31.1 Å². The number of nitrogens with one attached hydrogen (secondary N) is 1. The number of likely N-dealkylation sites (tertiary alicyclic amines) is 1. The normalized spacial score (nSPS) is 15.5. The van der Waals surface area contributed by atoms with E-state index in [2.05, 4.69) is 19.2 Å². The van der Waals surface area contributed by atoms with Crippen molar-refractivity contribution in [1.29, 1.82) is 0 Å². The van der Waals surface area contributed by atoms with Crippen molar-refractivity contribution in [3.8, 4) is 0 Å². The Kier molecular flexibility index (Phi) is 30.4. The summed E-state index contributed by atoms with van der Waals surface area (Å²) in [7, 11) is 1.60. The highest BCUT2D eigenvalue weighted by atomic mass is 16.6. The molecular formula is C38H70N2O11. The van der Waals surface area contributed by atoms with Crippen molar-refractivity contribution in [3.05, 3.63) is 0 Å². The summed E-state index contributed by atoms with van der Waals surface area (Å²) in [6.45, 7) is 8.40. The van der Waals surface area contributed by atoms with Crippen LogP contribution >= 0.6 is 0 Å². The molecule has 2 amide bonds.